The van der Waals surface area contributed by atoms with Gasteiger partial charge < -0.3 is 0 Å². The Kier molecular flexibility index (Phi) is 4.28. The molecule has 0 aromatic carbocycles. The number of halogens is 3. The molecule has 0 radical (unpaired) electrons. The number of carbonyl (C=O) groups excluding carboxylic acids is 1. The Morgan fingerprint density at radius 3 is 1.92 bits per heavy atom. The number of alkyl halides is 3. The molecule has 0 saturated heterocycles. The number of rotatable bonds is 4. The van der Waals surface area contributed by atoms with Gasteiger partial charge in [0.2, 0.25) is 0 Å². The molecule has 0 fully saturated rings. The van der Waals surface area contributed by atoms with Gasteiger partial charge in [0, 0.05) is 5.92 Å². The highest BCUT2D eigenvalue weighted by molar-refractivity contribution is 5.81. The lowest BCUT2D eigenvalue weighted by atomic mass is 9.96. The zero-order valence-corrected chi connectivity index (χ0v) is 7.24. The largest absolute Gasteiger partial charge is 0.395 e. The van der Waals surface area contributed by atoms with Gasteiger partial charge in [-0.25, -0.2) is 0 Å². The Morgan fingerprint density at radius 2 is 1.67 bits per heavy atom. The molecule has 0 aliphatic rings. The second-order valence-corrected chi connectivity index (χ2v) is 2.77. The van der Waals surface area contributed by atoms with Gasteiger partial charge in [-0.2, -0.15) is 13.2 Å². The second-order valence-electron chi connectivity index (χ2n) is 2.77. The Balaban J connectivity index is 4.02. The van der Waals surface area contributed by atoms with Gasteiger partial charge in [-0.3, -0.25) is 4.79 Å². The lowest BCUT2D eigenvalue weighted by Gasteiger charge is -2.12. The van der Waals surface area contributed by atoms with E-state index in [1.807, 2.05) is 0 Å². The van der Waals surface area contributed by atoms with Crippen molar-refractivity contribution in [2.75, 3.05) is 0 Å². The van der Waals surface area contributed by atoms with Gasteiger partial charge in [-0.1, -0.05) is 13.8 Å². The van der Waals surface area contributed by atoms with Crippen molar-refractivity contribution in [1.29, 1.82) is 0 Å². The van der Waals surface area contributed by atoms with Crippen molar-refractivity contribution >= 4 is 5.78 Å². The van der Waals surface area contributed by atoms with E-state index in [1.54, 1.807) is 13.8 Å². The Hall–Kier alpha value is -0.540. The van der Waals surface area contributed by atoms with Crippen LogP contribution in [0.15, 0.2) is 0 Å². The van der Waals surface area contributed by atoms with Crippen molar-refractivity contribution in [2.45, 2.75) is 39.3 Å². The number of carbonyl (C=O) groups is 1. The van der Waals surface area contributed by atoms with Crippen LogP contribution in [0.1, 0.15) is 33.1 Å². The monoisotopic (exact) mass is 182 g/mol. The summed E-state index contributed by atoms with van der Waals surface area (Å²) >= 11 is 0. The minimum atomic E-state index is -4.35. The molecule has 0 atom stereocenters. The van der Waals surface area contributed by atoms with E-state index in [2.05, 4.69) is 0 Å². The highest BCUT2D eigenvalue weighted by atomic mass is 19.4. The Bertz CT molecular complexity index is 147. The minimum absolute atomic E-state index is 0.424. The summed E-state index contributed by atoms with van der Waals surface area (Å²) in [5.41, 5.74) is 0. The van der Waals surface area contributed by atoms with Crippen LogP contribution in [0, 0.1) is 5.92 Å². The van der Waals surface area contributed by atoms with E-state index in [0.29, 0.717) is 12.8 Å². The van der Waals surface area contributed by atoms with Gasteiger partial charge in [0.05, 0.1) is 0 Å². The van der Waals surface area contributed by atoms with Crippen molar-refractivity contribution < 1.29 is 18.0 Å². The fraction of sp³-hybridized carbons (Fsp3) is 0.875. The van der Waals surface area contributed by atoms with E-state index in [0.717, 1.165) is 0 Å². The Morgan fingerprint density at radius 1 is 1.25 bits per heavy atom. The van der Waals surface area contributed by atoms with E-state index < -0.39 is 24.3 Å². The zero-order valence-electron chi connectivity index (χ0n) is 7.24. The fourth-order valence-electron chi connectivity index (χ4n) is 1.09. The van der Waals surface area contributed by atoms with Gasteiger partial charge in [0.25, 0.3) is 0 Å². The molecule has 0 N–H and O–H groups in total. The van der Waals surface area contributed by atoms with Crippen molar-refractivity contribution in [1.82, 2.24) is 0 Å². The first-order valence-corrected chi connectivity index (χ1v) is 4.00. The summed E-state index contributed by atoms with van der Waals surface area (Å²) < 4.78 is 35.2. The van der Waals surface area contributed by atoms with Crippen molar-refractivity contribution in [3.05, 3.63) is 0 Å². The maximum Gasteiger partial charge on any atom is 0.395 e. The van der Waals surface area contributed by atoms with E-state index in [4.69, 9.17) is 0 Å². The molecule has 0 rings (SSSR count). The number of Topliss-reactive ketones (excluding diaryl/α,β-unsaturated/α-hetero) is 1. The lowest BCUT2D eigenvalue weighted by Crippen LogP contribution is -2.21. The number of hydrogen-bond acceptors (Lipinski definition) is 1. The summed E-state index contributed by atoms with van der Waals surface area (Å²) in [6.45, 7) is 3.45. The van der Waals surface area contributed by atoms with Crippen LogP contribution in [0.5, 0.6) is 0 Å². The third kappa shape index (κ3) is 4.36. The molecule has 0 unspecified atom stereocenters. The summed E-state index contributed by atoms with van der Waals surface area (Å²) in [6.07, 6.45) is -4.64. The molecule has 72 valence electrons. The molecule has 0 saturated carbocycles. The summed E-state index contributed by atoms with van der Waals surface area (Å²) in [6, 6.07) is 0. The number of hydrogen-bond donors (Lipinski definition) is 0. The SMILES string of the molecule is CCC(CC)C(=O)CC(F)(F)F. The predicted molar refractivity (Wildman–Crippen MR) is 39.8 cm³/mol. The maximum atomic E-state index is 11.7. The average Bonchev–Trinajstić information content (AvgIpc) is 1.85. The predicted octanol–water partition coefficient (Wildman–Crippen LogP) is 2.94. The molecule has 4 heteroatoms. The van der Waals surface area contributed by atoms with Crippen molar-refractivity contribution in [3.63, 3.8) is 0 Å². The molecule has 0 aromatic rings. The van der Waals surface area contributed by atoms with Crippen LogP contribution < -0.4 is 0 Å². The highest BCUT2D eigenvalue weighted by Crippen LogP contribution is 2.23. The summed E-state index contributed by atoms with van der Waals surface area (Å²) in [4.78, 5) is 10.9. The molecule has 0 amide bonds. The molecular weight excluding hydrogens is 169 g/mol. The highest BCUT2D eigenvalue weighted by Gasteiger charge is 2.33. The maximum absolute atomic E-state index is 11.7. The quantitative estimate of drug-likeness (QED) is 0.653. The molecule has 0 heterocycles. The first-order chi connectivity index (χ1) is 5.40. The van der Waals surface area contributed by atoms with E-state index in [-0.39, 0.29) is 0 Å². The van der Waals surface area contributed by atoms with Crippen molar-refractivity contribution in [3.8, 4) is 0 Å². The van der Waals surface area contributed by atoms with Crippen molar-refractivity contribution in [2.24, 2.45) is 5.92 Å². The zero-order chi connectivity index (χ0) is 9.78. The molecule has 0 aliphatic heterocycles. The smallest absolute Gasteiger partial charge is 0.299 e. The molecule has 1 nitrogen and oxygen atoms in total. The summed E-state index contributed by atoms with van der Waals surface area (Å²) in [7, 11) is 0. The van der Waals surface area contributed by atoms with Gasteiger partial charge in [-0.15, -0.1) is 0 Å². The van der Waals surface area contributed by atoms with Crippen LogP contribution in [0.25, 0.3) is 0 Å². The molecule has 0 aliphatic carbocycles. The molecule has 0 bridgehead atoms. The van der Waals surface area contributed by atoms with Crippen LogP contribution in [0.4, 0.5) is 13.2 Å². The van der Waals surface area contributed by atoms with Crippen LogP contribution >= 0.6 is 0 Å². The first-order valence-electron chi connectivity index (χ1n) is 4.00. The normalized spacial score (nSPS) is 12.2. The molecular formula is C8H13F3O. The van der Waals surface area contributed by atoms with Crippen LogP contribution in [0.3, 0.4) is 0 Å². The topological polar surface area (TPSA) is 17.1 Å². The Labute approximate surface area is 70.0 Å². The lowest BCUT2D eigenvalue weighted by molar-refractivity contribution is -0.155. The van der Waals surface area contributed by atoms with Crippen LogP contribution in [-0.2, 0) is 4.79 Å². The molecule has 12 heavy (non-hydrogen) atoms. The molecule has 0 spiro atoms. The van der Waals surface area contributed by atoms with Gasteiger partial charge in [-0.05, 0) is 12.8 Å². The van der Waals surface area contributed by atoms with Gasteiger partial charge in [0.15, 0.2) is 0 Å². The minimum Gasteiger partial charge on any atom is -0.299 e. The van der Waals surface area contributed by atoms with E-state index in [1.165, 1.54) is 0 Å². The molecule has 0 aromatic heterocycles. The van der Waals surface area contributed by atoms with Crippen LogP contribution in [0.2, 0.25) is 0 Å². The third-order valence-electron chi connectivity index (χ3n) is 1.82. The average molecular weight is 182 g/mol. The fourth-order valence-corrected chi connectivity index (χ4v) is 1.09. The van der Waals surface area contributed by atoms with E-state index in [9.17, 15) is 18.0 Å². The third-order valence-corrected chi connectivity index (χ3v) is 1.82. The number of ketones is 1. The van der Waals surface area contributed by atoms with Crippen LogP contribution in [-0.4, -0.2) is 12.0 Å². The van der Waals surface area contributed by atoms with Gasteiger partial charge in [0.1, 0.15) is 12.2 Å². The summed E-state index contributed by atoms with van der Waals surface area (Å²) in [5, 5.41) is 0. The van der Waals surface area contributed by atoms with Gasteiger partial charge >= 0.3 is 6.18 Å². The standard InChI is InChI=1S/C8H13F3O/c1-3-6(4-2)7(12)5-8(9,10)11/h6H,3-5H2,1-2H3. The van der Waals surface area contributed by atoms with E-state index >= 15 is 0 Å². The first kappa shape index (κ1) is 11.5. The second kappa shape index (κ2) is 4.48. The summed E-state index contributed by atoms with van der Waals surface area (Å²) in [5.74, 6) is -1.11.